The Hall–Kier alpha value is -3.71. The molecule has 150 valence electrons. The van der Waals surface area contributed by atoms with Crippen molar-refractivity contribution >= 4 is 28.2 Å². The van der Waals surface area contributed by atoms with Crippen molar-refractivity contribution in [3.8, 4) is 11.5 Å². The van der Waals surface area contributed by atoms with E-state index in [1.165, 1.54) is 0 Å². The zero-order valence-electron chi connectivity index (χ0n) is 16.4. The van der Waals surface area contributed by atoms with E-state index in [1.54, 1.807) is 18.6 Å². The molecule has 0 amide bonds. The number of nitrogens with one attached hydrogen (secondary N) is 1. The first kappa shape index (κ1) is 18.3. The molecule has 1 saturated heterocycles. The van der Waals surface area contributed by atoms with Gasteiger partial charge in [-0.1, -0.05) is 12.1 Å². The Morgan fingerprint density at radius 3 is 2.63 bits per heavy atom. The van der Waals surface area contributed by atoms with Gasteiger partial charge in [0.15, 0.2) is 0 Å². The molecule has 0 atom stereocenters. The minimum absolute atomic E-state index is 0.561. The lowest BCUT2D eigenvalue weighted by Gasteiger charge is -2.30. The minimum atomic E-state index is 0.561. The van der Waals surface area contributed by atoms with Crippen LogP contribution in [0, 0.1) is 0 Å². The number of benzene rings is 2. The van der Waals surface area contributed by atoms with Crippen LogP contribution in [0.4, 0.5) is 17.3 Å². The van der Waals surface area contributed by atoms with Gasteiger partial charge in [-0.2, -0.15) is 0 Å². The molecule has 1 aliphatic rings. The summed E-state index contributed by atoms with van der Waals surface area (Å²) in [5.41, 5.74) is 2.96. The van der Waals surface area contributed by atoms with Gasteiger partial charge in [0.25, 0.3) is 0 Å². The third-order valence-corrected chi connectivity index (χ3v) is 4.94. The van der Waals surface area contributed by atoms with Gasteiger partial charge in [0.05, 0.1) is 30.1 Å². The average molecular weight is 399 g/mol. The monoisotopic (exact) mass is 399 g/mol. The van der Waals surface area contributed by atoms with Gasteiger partial charge in [-0.3, -0.25) is 4.98 Å². The molecule has 3 heterocycles. The number of rotatable bonds is 5. The van der Waals surface area contributed by atoms with Crippen LogP contribution in [-0.2, 0) is 4.74 Å². The van der Waals surface area contributed by atoms with Crippen LogP contribution in [0.15, 0.2) is 73.2 Å². The zero-order chi connectivity index (χ0) is 20.2. The smallest absolute Gasteiger partial charge is 0.227 e. The number of nitrogens with zero attached hydrogens (tertiary/aromatic N) is 4. The summed E-state index contributed by atoms with van der Waals surface area (Å²) < 4.78 is 11.3. The normalized spacial score (nSPS) is 13.9. The molecule has 0 aliphatic carbocycles. The van der Waals surface area contributed by atoms with E-state index in [2.05, 4.69) is 31.2 Å². The molecule has 0 spiro atoms. The topological polar surface area (TPSA) is 72.4 Å². The third kappa shape index (κ3) is 4.01. The number of para-hydroxylation sites is 2. The Balaban J connectivity index is 1.38. The number of anilines is 3. The van der Waals surface area contributed by atoms with Gasteiger partial charge in [0, 0.05) is 37.1 Å². The maximum Gasteiger partial charge on any atom is 0.227 e. The number of ether oxygens (including phenoxy) is 2. The third-order valence-electron chi connectivity index (χ3n) is 4.94. The largest absolute Gasteiger partial charge is 0.457 e. The minimum Gasteiger partial charge on any atom is -0.457 e. The van der Waals surface area contributed by atoms with Crippen molar-refractivity contribution in [1.82, 2.24) is 15.0 Å². The molecular formula is C23H21N5O2. The zero-order valence-corrected chi connectivity index (χ0v) is 16.4. The summed E-state index contributed by atoms with van der Waals surface area (Å²) in [6.07, 6.45) is 5.21. The van der Waals surface area contributed by atoms with Crippen LogP contribution in [0.25, 0.3) is 10.9 Å². The van der Waals surface area contributed by atoms with E-state index in [0.29, 0.717) is 5.95 Å². The highest BCUT2D eigenvalue weighted by Gasteiger charge is 2.15. The molecule has 0 unspecified atom stereocenters. The quantitative estimate of drug-likeness (QED) is 0.533. The number of pyridine rings is 1. The summed E-state index contributed by atoms with van der Waals surface area (Å²) in [5, 5.41) is 4.28. The lowest BCUT2D eigenvalue weighted by atomic mass is 10.2. The highest BCUT2D eigenvalue weighted by molar-refractivity contribution is 5.81. The second kappa shape index (κ2) is 8.34. The fourth-order valence-corrected chi connectivity index (χ4v) is 3.46. The Morgan fingerprint density at radius 2 is 1.77 bits per heavy atom. The molecule has 1 fully saturated rings. The van der Waals surface area contributed by atoms with Crippen LogP contribution in [0.3, 0.4) is 0 Å². The van der Waals surface area contributed by atoms with E-state index in [9.17, 15) is 0 Å². The van der Waals surface area contributed by atoms with Crippen molar-refractivity contribution < 1.29 is 9.47 Å². The van der Waals surface area contributed by atoms with Crippen LogP contribution in [-0.4, -0.2) is 41.3 Å². The van der Waals surface area contributed by atoms with Crippen molar-refractivity contribution in [1.29, 1.82) is 0 Å². The van der Waals surface area contributed by atoms with Gasteiger partial charge in [-0.05, 0) is 42.5 Å². The second-order valence-electron chi connectivity index (χ2n) is 6.94. The van der Waals surface area contributed by atoms with E-state index in [4.69, 9.17) is 9.47 Å². The molecule has 7 heteroatoms. The summed E-state index contributed by atoms with van der Waals surface area (Å²) in [5.74, 6) is 2.03. The maximum absolute atomic E-state index is 5.87. The van der Waals surface area contributed by atoms with Gasteiger partial charge in [-0.15, -0.1) is 0 Å². The van der Waals surface area contributed by atoms with Crippen LogP contribution in [0.2, 0.25) is 0 Å². The lowest BCUT2D eigenvalue weighted by Crippen LogP contribution is -2.36. The van der Waals surface area contributed by atoms with Crippen molar-refractivity contribution in [3.05, 3.63) is 73.2 Å². The average Bonchev–Trinajstić information content (AvgIpc) is 2.81. The molecule has 0 saturated carbocycles. The molecule has 0 radical (unpaired) electrons. The van der Waals surface area contributed by atoms with Crippen molar-refractivity contribution in [2.75, 3.05) is 36.5 Å². The second-order valence-corrected chi connectivity index (χ2v) is 6.94. The van der Waals surface area contributed by atoms with Crippen molar-refractivity contribution in [3.63, 3.8) is 0 Å². The van der Waals surface area contributed by atoms with E-state index in [-0.39, 0.29) is 0 Å². The Labute approximate surface area is 174 Å². The SMILES string of the molecule is c1ccc(N2CCOCC2)c(Nc2ncc3cc(Oc4ccncc4)ccc3n2)c1. The highest BCUT2D eigenvalue weighted by Crippen LogP contribution is 2.29. The number of hydrogen-bond donors (Lipinski definition) is 1. The molecule has 7 nitrogen and oxygen atoms in total. The molecule has 5 rings (SSSR count). The predicted octanol–water partition coefficient (Wildman–Crippen LogP) is 4.40. The van der Waals surface area contributed by atoms with E-state index < -0.39 is 0 Å². The molecule has 1 aliphatic heterocycles. The fraction of sp³-hybridized carbons (Fsp3) is 0.174. The molecule has 4 aromatic rings. The van der Waals surface area contributed by atoms with E-state index >= 15 is 0 Å². The van der Waals surface area contributed by atoms with Gasteiger partial charge >= 0.3 is 0 Å². The van der Waals surface area contributed by atoms with Gasteiger partial charge in [0.1, 0.15) is 11.5 Å². The van der Waals surface area contributed by atoms with E-state index in [0.717, 1.165) is 60.1 Å². The first-order chi connectivity index (χ1) is 14.8. The van der Waals surface area contributed by atoms with Gasteiger partial charge in [0.2, 0.25) is 5.95 Å². The summed E-state index contributed by atoms with van der Waals surface area (Å²) in [6.45, 7) is 3.23. The van der Waals surface area contributed by atoms with Gasteiger partial charge < -0.3 is 19.7 Å². The van der Waals surface area contributed by atoms with Crippen molar-refractivity contribution in [2.24, 2.45) is 0 Å². The first-order valence-electron chi connectivity index (χ1n) is 9.89. The molecule has 1 N–H and O–H groups in total. The Morgan fingerprint density at radius 1 is 0.933 bits per heavy atom. The number of morpholine rings is 1. The summed E-state index contributed by atoms with van der Waals surface area (Å²) in [6, 6.07) is 17.6. The van der Waals surface area contributed by atoms with Gasteiger partial charge in [-0.25, -0.2) is 9.97 Å². The Bertz CT molecular complexity index is 1150. The maximum atomic E-state index is 5.87. The number of fused-ring (bicyclic) bond motifs is 1. The molecule has 30 heavy (non-hydrogen) atoms. The van der Waals surface area contributed by atoms with Crippen LogP contribution < -0.4 is 15.0 Å². The lowest BCUT2D eigenvalue weighted by molar-refractivity contribution is 0.123. The van der Waals surface area contributed by atoms with Crippen LogP contribution >= 0.6 is 0 Å². The van der Waals surface area contributed by atoms with E-state index in [1.807, 2.05) is 48.5 Å². The molecule has 2 aromatic heterocycles. The standard InChI is InChI=1S/C23H21N5O2/c1-2-4-22(28-11-13-29-14-12-28)21(3-1)27-23-25-16-17-15-19(5-6-20(17)26-23)30-18-7-9-24-10-8-18/h1-10,15-16H,11-14H2,(H,25,26,27). The summed E-state index contributed by atoms with van der Waals surface area (Å²) in [7, 11) is 0. The number of hydrogen-bond acceptors (Lipinski definition) is 7. The Kier molecular flexibility index (Phi) is 5.10. The molecular weight excluding hydrogens is 378 g/mol. The molecule has 0 bridgehead atoms. The van der Waals surface area contributed by atoms with Crippen LogP contribution in [0.5, 0.6) is 11.5 Å². The summed E-state index contributed by atoms with van der Waals surface area (Å²) in [4.78, 5) is 15.5. The summed E-state index contributed by atoms with van der Waals surface area (Å²) >= 11 is 0. The van der Waals surface area contributed by atoms with Crippen LogP contribution in [0.1, 0.15) is 0 Å². The van der Waals surface area contributed by atoms with Crippen molar-refractivity contribution in [2.45, 2.75) is 0 Å². The highest BCUT2D eigenvalue weighted by atomic mass is 16.5. The first-order valence-corrected chi connectivity index (χ1v) is 9.89. The fourth-order valence-electron chi connectivity index (χ4n) is 3.46. The predicted molar refractivity (Wildman–Crippen MR) is 117 cm³/mol. The number of aromatic nitrogens is 3. The molecule has 2 aromatic carbocycles.